The Bertz CT molecular complexity index is 1120. The Morgan fingerprint density at radius 1 is 1.17 bits per heavy atom. The van der Waals surface area contributed by atoms with Gasteiger partial charge in [0.15, 0.2) is 0 Å². The number of nitrogens with one attached hydrogen (secondary N) is 1. The average molecular weight is 506 g/mol. The first-order valence-electron chi connectivity index (χ1n) is 12.2. The minimum atomic E-state index is -3.43. The van der Waals surface area contributed by atoms with Crippen LogP contribution in [0.15, 0.2) is 30.5 Å². The number of rotatable bonds is 7. The summed E-state index contributed by atoms with van der Waals surface area (Å²) in [7, 11) is -3.43. The van der Waals surface area contributed by atoms with Gasteiger partial charge in [0.2, 0.25) is 16.0 Å². The van der Waals surface area contributed by atoms with Gasteiger partial charge in [0, 0.05) is 37.3 Å². The van der Waals surface area contributed by atoms with Gasteiger partial charge in [-0.25, -0.2) is 27.9 Å². The van der Waals surface area contributed by atoms with E-state index in [1.54, 1.807) is 18.7 Å². The molecule has 0 radical (unpaired) electrons. The van der Waals surface area contributed by atoms with Gasteiger partial charge in [-0.1, -0.05) is 18.2 Å². The molecule has 0 aliphatic carbocycles. The van der Waals surface area contributed by atoms with Crippen LogP contribution in [0.1, 0.15) is 39.5 Å². The maximum absolute atomic E-state index is 12.7. The number of fused-ring (bicyclic) bond motifs is 1. The van der Waals surface area contributed by atoms with Gasteiger partial charge in [-0.05, 0) is 45.6 Å². The molecule has 2 saturated heterocycles. The molecular weight excluding hydrogens is 470 g/mol. The number of piperidine rings is 2. The number of sulfonamides is 1. The van der Waals surface area contributed by atoms with E-state index in [0.717, 1.165) is 49.0 Å². The molecule has 192 valence electrons. The van der Waals surface area contributed by atoms with E-state index in [1.807, 2.05) is 30.5 Å². The van der Waals surface area contributed by atoms with Crippen LogP contribution in [-0.2, 0) is 19.5 Å². The summed E-state index contributed by atoms with van der Waals surface area (Å²) in [5.41, 5.74) is 0.922. The molecule has 35 heavy (non-hydrogen) atoms. The van der Waals surface area contributed by atoms with E-state index in [4.69, 9.17) is 14.5 Å². The van der Waals surface area contributed by atoms with Crippen molar-refractivity contribution in [1.29, 1.82) is 0 Å². The normalized spacial score (nSPS) is 22.1. The van der Waals surface area contributed by atoms with E-state index >= 15 is 0 Å². The number of carbonyl (C=O) groups excluding carboxylic acids is 1. The lowest BCUT2D eigenvalue weighted by Crippen LogP contribution is -2.59. The lowest BCUT2D eigenvalue weighted by atomic mass is 9.97. The second kappa shape index (κ2) is 11.0. The van der Waals surface area contributed by atoms with Crippen molar-refractivity contribution in [3.63, 3.8) is 0 Å². The summed E-state index contributed by atoms with van der Waals surface area (Å²) in [4.78, 5) is 25.7. The highest BCUT2D eigenvalue weighted by Gasteiger charge is 2.38. The molecule has 2 atom stereocenters. The Morgan fingerprint density at radius 3 is 2.63 bits per heavy atom. The molecule has 0 saturated carbocycles. The fourth-order valence-electron chi connectivity index (χ4n) is 4.74. The number of anilines is 1. The third-order valence-corrected chi connectivity index (χ3v) is 7.15. The smallest absolute Gasteiger partial charge is 0.410 e. The number of nitrogens with zero attached hydrogens (tertiary/aromatic N) is 4. The van der Waals surface area contributed by atoms with Crippen LogP contribution in [0.25, 0.3) is 10.9 Å². The molecular formula is C24H35N5O5S. The monoisotopic (exact) mass is 505 g/mol. The molecule has 2 fully saturated rings. The van der Waals surface area contributed by atoms with Gasteiger partial charge in [0.05, 0.1) is 36.6 Å². The molecule has 0 bridgehead atoms. The maximum atomic E-state index is 12.7. The van der Waals surface area contributed by atoms with Crippen LogP contribution in [0.5, 0.6) is 0 Å². The summed E-state index contributed by atoms with van der Waals surface area (Å²) in [6, 6.07) is 7.08. The standard InChI is InChI=1S/C24H35N5O5S/c1-17(2)34-24(30)29-12-6-9-21(27-35(3,31)32)22(29)16-33-19-10-13-28(14-11-19)23-25-15-18-7-4-5-8-20(18)26-23/h4-5,7-8,15,17,19,21-22,27H,6,9-14,16H2,1-3H3/t21-,22-/m0/s1. The van der Waals surface area contributed by atoms with Crippen LogP contribution in [0.3, 0.4) is 0 Å². The second-order valence-corrected chi connectivity index (χ2v) is 11.4. The van der Waals surface area contributed by atoms with E-state index in [0.29, 0.717) is 19.4 Å². The predicted octanol–water partition coefficient (Wildman–Crippen LogP) is 2.54. The zero-order valence-electron chi connectivity index (χ0n) is 20.6. The summed E-state index contributed by atoms with van der Waals surface area (Å²) in [6.45, 7) is 5.88. The Kier molecular flexibility index (Phi) is 8.08. The summed E-state index contributed by atoms with van der Waals surface area (Å²) in [5, 5.41) is 1.01. The minimum absolute atomic E-state index is 0.00971. The quantitative estimate of drug-likeness (QED) is 0.611. The number of hydrogen-bond donors (Lipinski definition) is 1. The number of amides is 1. The molecule has 1 N–H and O–H groups in total. The fourth-order valence-corrected chi connectivity index (χ4v) is 5.57. The molecule has 0 unspecified atom stereocenters. The van der Waals surface area contributed by atoms with Crippen LogP contribution in [0.2, 0.25) is 0 Å². The molecule has 11 heteroatoms. The van der Waals surface area contributed by atoms with Crippen molar-refractivity contribution in [2.75, 3.05) is 37.4 Å². The first-order chi connectivity index (χ1) is 16.7. The van der Waals surface area contributed by atoms with E-state index in [9.17, 15) is 13.2 Å². The van der Waals surface area contributed by atoms with Crippen molar-refractivity contribution in [3.05, 3.63) is 30.5 Å². The molecule has 4 rings (SSSR count). The van der Waals surface area contributed by atoms with Crippen molar-refractivity contribution >= 4 is 33.0 Å². The molecule has 2 aliphatic rings. The van der Waals surface area contributed by atoms with Crippen LogP contribution in [0.4, 0.5) is 10.7 Å². The molecule has 1 amide bonds. The van der Waals surface area contributed by atoms with Crippen molar-refractivity contribution in [2.45, 2.75) is 63.8 Å². The third kappa shape index (κ3) is 6.80. The molecule has 3 heterocycles. The lowest BCUT2D eigenvalue weighted by Gasteiger charge is -2.41. The SMILES string of the molecule is CC(C)OC(=O)N1CCC[C@H](NS(C)(=O)=O)[C@@H]1COC1CCN(c2ncc3ccccc3n2)CC1. The first kappa shape index (κ1) is 25.6. The van der Waals surface area contributed by atoms with E-state index in [1.165, 1.54) is 0 Å². The fraction of sp³-hybridized carbons (Fsp3) is 0.625. The van der Waals surface area contributed by atoms with Gasteiger partial charge in [-0.2, -0.15) is 0 Å². The molecule has 2 aromatic rings. The van der Waals surface area contributed by atoms with E-state index in [-0.39, 0.29) is 18.8 Å². The average Bonchev–Trinajstić information content (AvgIpc) is 2.81. The number of para-hydroxylation sites is 1. The summed E-state index contributed by atoms with van der Waals surface area (Å²) in [6.07, 6.45) is 5.24. The molecule has 1 aromatic heterocycles. The van der Waals surface area contributed by atoms with Gasteiger partial charge in [-0.15, -0.1) is 0 Å². The predicted molar refractivity (Wildman–Crippen MR) is 134 cm³/mol. The number of likely N-dealkylation sites (tertiary alicyclic amines) is 1. The van der Waals surface area contributed by atoms with Crippen LogP contribution >= 0.6 is 0 Å². The minimum Gasteiger partial charge on any atom is -0.447 e. The number of carbonyl (C=O) groups is 1. The van der Waals surface area contributed by atoms with Crippen molar-refractivity contribution in [1.82, 2.24) is 19.6 Å². The van der Waals surface area contributed by atoms with E-state index in [2.05, 4.69) is 14.6 Å². The first-order valence-corrected chi connectivity index (χ1v) is 14.1. The number of aromatic nitrogens is 2. The third-order valence-electron chi connectivity index (χ3n) is 6.42. The maximum Gasteiger partial charge on any atom is 0.410 e. The second-order valence-electron chi connectivity index (χ2n) is 9.58. The van der Waals surface area contributed by atoms with Crippen LogP contribution < -0.4 is 9.62 Å². The van der Waals surface area contributed by atoms with Gasteiger partial charge >= 0.3 is 6.09 Å². The molecule has 10 nitrogen and oxygen atoms in total. The Morgan fingerprint density at radius 2 is 1.91 bits per heavy atom. The number of benzene rings is 1. The van der Waals surface area contributed by atoms with Crippen LogP contribution in [-0.4, -0.2) is 86.2 Å². The zero-order valence-corrected chi connectivity index (χ0v) is 21.4. The summed E-state index contributed by atoms with van der Waals surface area (Å²) < 4.78 is 38.3. The van der Waals surface area contributed by atoms with E-state index < -0.39 is 28.2 Å². The highest BCUT2D eigenvalue weighted by atomic mass is 32.2. The number of ether oxygens (including phenoxy) is 2. The van der Waals surface area contributed by atoms with Gasteiger partial charge < -0.3 is 19.3 Å². The molecule has 0 spiro atoms. The van der Waals surface area contributed by atoms with Gasteiger partial charge in [0.25, 0.3) is 0 Å². The van der Waals surface area contributed by atoms with Crippen molar-refractivity contribution < 1.29 is 22.7 Å². The Hall–Kier alpha value is -2.50. The number of hydrogen-bond acceptors (Lipinski definition) is 8. The topological polar surface area (TPSA) is 114 Å². The van der Waals surface area contributed by atoms with Crippen molar-refractivity contribution in [3.8, 4) is 0 Å². The van der Waals surface area contributed by atoms with Crippen LogP contribution in [0, 0.1) is 0 Å². The lowest BCUT2D eigenvalue weighted by molar-refractivity contribution is -0.0240. The zero-order chi connectivity index (χ0) is 25.0. The van der Waals surface area contributed by atoms with Crippen molar-refractivity contribution in [2.24, 2.45) is 0 Å². The Balaban J connectivity index is 1.37. The Labute approximate surface area is 207 Å². The highest BCUT2D eigenvalue weighted by Crippen LogP contribution is 2.24. The molecule has 1 aromatic carbocycles. The summed E-state index contributed by atoms with van der Waals surface area (Å²) >= 11 is 0. The summed E-state index contributed by atoms with van der Waals surface area (Å²) in [5.74, 6) is 0.717. The van der Waals surface area contributed by atoms with Gasteiger partial charge in [-0.3, -0.25) is 0 Å². The van der Waals surface area contributed by atoms with Gasteiger partial charge in [0.1, 0.15) is 0 Å². The highest BCUT2D eigenvalue weighted by molar-refractivity contribution is 7.88. The molecule has 2 aliphatic heterocycles. The largest absolute Gasteiger partial charge is 0.447 e.